The van der Waals surface area contributed by atoms with Crippen molar-refractivity contribution in [2.75, 3.05) is 26.5 Å². The van der Waals surface area contributed by atoms with Crippen LogP contribution >= 0.6 is 11.8 Å². The molecule has 1 heterocycles. The SMILES string of the molecule is CCCNC(=O)CSc1ccc(-c2cc(OC)ccc2OC)nn1. The molecule has 0 atom stereocenters. The molecular formula is C17H21N3O3S. The Labute approximate surface area is 146 Å². The van der Waals surface area contributed by atoms with Gasteiger partial charge in [-0.1, -0.05) is 18.7 Å². The lowest BCUT2D eigenvalue weighted by Crippen LogP contribution is -2.25. The van der Waals surface area contributed by atoms with Crippen molar-refractivity contribution in [1.29, 1.82) is 0 Å². The molecule has 0 aliphatic heterocycles. The highest BCUT2D eigenvalue weighted by atomic mass is 32.2. The number of amides is 1. The fraction of sp³-hybridized carbons (Fsp3) is 0.353. The molecule has 1 aromatic carbocycles. The lowest BCUT2D eigenvalue weighted by molar-refractivity contribution is -0.118. The zero-order valence-corrected chi connectivity index (χ0v) is 14.9. The lowest BCUT2D eigenvalue weighted by atomic mass is 10.1. The number of nitrogens with one attached hydrogen (secondary N) is 1. The molecule has 0 aliphatic rings. The van der Waals surface area contributed by atoms with Crippen LogP contribution < -0.4 is 14.8 Å². The third kappa shape index (κ3) is 4.86. The van der Waals surface area contributed by atoms with E-state index in [9.17, 15) is 4.79 Å². The van der Waals surface area contributed by atoms with Crippen LogP contribution in [0.5, 0.6) is 11.5 Å². The van der Waals surface area contributed by atoms with Gasteiger partial charge in [0.25, 0.3) is 0 Å². The molecule has 0 aliphatic carbocycles. The van der Waals surface area contributed by atoms with Crippen molar-refractivity contribution in [2.24, 2.45) is 0 Å². The minimum atomic E-state index is 0.00203. The van der Waals surface area contributed by atoms with Crippen LogP contribution in [0.1, 0.15) is 13.3 Å². The first-order valence-corrected chi connectivity index (χ1v) is 8.62. The highest BCUT2D eigenvalue weighted by Gasteiger charge is 2.10. The quantitative estimate of drug-likeness (QED) is 0.740. The lowest BCUT2D eigenvalue weighted by Gasteiger charge is -2.10. The van der Waals surface area contributed by atoms with Crippen LogP contribution in [-0.2, 0) is 4.79 Å². The van der Waals surface area contributed by atoms with E-state index in [-0.39, 0.29) is 5.91 Å². The maximum absolute atomic E-state index is 11.6. The molecule has 7 heteroatoms. The number of carbonyl (C=O) groups excluding carboxylic acids is 1. The number of hydrogen-bond donors (Lipinski definition) is 1. The van der Waals surface area contributed by atoms with Crippen molar-refractivity contribution in [3.8, 4) is 22.8 Å². The molecule has 128 valence electrons. The zero-order chi connectivity index (χ0) is 17.4. The van der Waals surface area contributed by atoms with Crippen LogP contribution in [0.3, 0.4) is 0 Å². The first-order chi connectivity index (χ1) is 11.7. The van der Waals surface area contributed by atoms with Gasteiger partial charge in [0.2, 0.25) is 5.91 Å². The largest absolute Gasteiger partial charge is 0.497 e. The average Bonchev–Trinajstić information content (AvgIpc) is 2.64. The minimum Gasteiger partial charge on any atom is -0.497 e. The summed E-state index contributed by atoms with van der Waals surface area (Å²) in [6.07, 6.45) is 0.924. The van der Waals surface area contributed by atoms with E-state index in [2.05, 4.69) is 15.5 Å². The third-order valence-electron chi connectivity index (χ3n) is 3.25. The van der Waals surface area contributed by atoms with Crippen LogP contribution in [0.4, 0.5) is 0 Å². The van der Waals surface area contributed by atoms with E-state index in [4.69, 9.17) is 9.47 Å². The van der Waals surface area contributed by atoms with E-state index in [1.54, 1.807) is 14.2 Å². The number of thioether (sulfide) groups is 1. The van der Waals surface area contributed by atoms with Crippen molar-refractivity contribution in [3.63, 3.8) is 0 Å². The number of rotatable bonds is 8. The van der Waals surface area contributed by atoms with Gasteiger partial charge >= 0.3 is 0 Å². The molecule has 24 heavy (non-hydrogen) atoms. The van der Waals surface area contributed by atoms with Crippen molar-refractivity contribution < 1.29 is 14.3 Å². The van der Waals surface area contributed by atoms with Gasteiger partial charge in [-0.3, -0.25) is 4.79 Å². The summed E-state index contributed by atoms with van der Waals surface area (Å²) < 4.78 is 10.6. The highest BCUT2D eigenvalue weighted by molar-refractivity contribution is 7.99. The summed E-state index contributed by atoms with van der Waals surface area (Å²) >= 11 is 1.36. The molecule has 1 N–H and O–H groups in total. The second-order valence-electron chi connectivity index (χ2n) is 4.96. The Morgan fingerprint density at radius 3 is 2.62 bits per heavy atom. The standard InChI is InChI=1S/C17H21N3O3S/c1-4-9-18-16(21)11-24-17-8-6-14(19-20-17)13-10-12(22-2)5-7-15(13)23-3/h5-8,10H,4,9,11H2,1-3H3,(H,18,21). The summed E-state index contributed by atoms with van der Waals surface area (Å²) in [5.41, 5.74) is 1.49. The second kappa shape index (κ2) is 9.12. The molecule has 0 spiro atoms. The smallest absolute Gasteiger partial charge is 0.230 e. The fourth-order valence-corrected chi connectivity index (χ4v) is 2.65. The Kier molecular flexibility index (Phi) is 6.87. The molecule has 0 saturated heterocycles. The third-order valence-corrected chi connectivity index (χ3v) is 4.17. The van der Waals surface area contributed by atoms with Crippen molar-refractivity contribution in [1.82, 2.24) is 15.5 Å². The monoisotopic (exact) mass is 347 g/mol. The molecule has 6 nitrogen and oxygen atoms in total. The predicted molar refractivity (Wildman–Crippen MR) is 94.6 cm³/mol. The summed E-state index contributed by atoms with van der Waals surface area (Å²) in [6, 6.07) is 9.22. The zero-order valence-electron chi connectivity index (χ0n) is 14.0. The van der Waals surface area contributed by atoms with Crippen molar-refractivity contribution in [2.45, 2.75) is 18.4 Å². The van der Waals surface area contributed by atoms with Crippen LogP contribution in [0.15, 0.2) is 35.4 Å². The van der Waals surface area contributed by atoms with Gasteiger partial charge in [0.15, 0.2) is 0 Å². The summed E-state index contributed by atoms with van der Waals surface area (Å²) in [4.78, 5) is 11.6. The summed E-state index contributed by atoms with van der Waals surface area (Å²) in [7, 11) is 3.22. The second-order valence-corrected chi connectivity index (χ2v) is 5.96. The molecule has 0 saturated carbocycles. The van der Waals surface area contributed by atoms with Gasteiger partial charge in [0, 0.05) is 12.1 Å². The van der Waals surface area contributed by atoms with E-state index < -0.39 is 0 Å². The Morgan fingerprint density at radius 2 is 2.00 bits per heavy atom. The van der Waals surface area contributed by atoms with Crippen LogP contribution in [0, 0.1) is 0 Å². The van der Waals surface area contributed by atoms with Gasteiger partial charge in [-0.05, 0) is 36.8 Å². The number of methoxy groups -OCH3 is 2. The number of hydrogen-bond acceptors (Lipinski definition) is 6. The normalized spacial score (nSPS) is 10.3. The minimum absolute atomic E-state index is 0.00203. The predicted octanol–water partition coefficient (Wildman–Crippen LogP) is 2.78. The first-order valence-electron chi connectivity index (χ1n) is 7.63. The van der Waals surface area contributed by atoms with E-state index in [0.29, 0.717) is 28.8 Å². The van der Waals surface area contributed by atoms with Gasteiger partial charge in [0.1, 0.15) is 16.5 Å². The highest BCUT2D eigenvalue weighted by Crippen LogP contribution is 2.32. The topological polar surface area (TPSA) is 73.3 Å². The molecule has 0 fully saturated rings. The molecule has 0 bridgehead atoms. The van der Waals surface area contributed by atoms with Gasteiger partial charge in [0.05, 0.1) is 25.7 Å². The van der Waals surface area contributed by atoms with Crippen LogP contribution in [0.2, 0.25) is 0 Å². The number of aromatic nitrogens is 2. The molecule has 2 rings (SSSR count). The summed E-state index contributed by atoms with van der Waals surface area (Å²) in [5.74, 6) is 1.75. The van der Waals surface area contributed by atoms with E-state index in [1.807, 2.05) is 37.3 Å². The molecule has 1 aromatic heterocycles. The molecule has 0 radical (unpaired) electrons. The number of ether oxygens (including phenoxy) is 2. The van der Waals surface area contributed by atoms with E-state index in [1.165, 1.54) is 11.8 Å². The van der Waals surface area contributed by atoms with Crippen LogP contribution in [-0.4, -0.2) is 42.6 Å². The van der Waals surface area contributed by atoms with E-state index in [0.717, 1.165) is 17.7 Å². The summed E-state index contributed by atoms with van der Waals surface area (Å²) in [5, 5.41) is 11.9. The fourth-order valence-electron chi connectivity index (χ4n) is 2.01. The van der Waals surface area contributed by atoms with Gasteiger partial charge in [-0.2, -0.15) is 0 Å². The van der Waals surface area contributed by atoms with E-state index >= 15 is 0 Å². The first kappa shape index (κ1) is 18.1. The number of carbonyl (C=O) groups is 1. The summed E-state index contributed by atoms with van der Waals surface area (Å²) in [6.45, 7) is 2.71. The Morgan fingerprint density at radius 1 is 1.17 bits per heavy atom. The number of benzene rings is 1. The van der Waals surface area contributed by atoms with Gasteiger partial charge in [-0.15, -0.1) is 10.2 Å². The maximum atomic E-state index is 11.6. The van der Waals surface area contributed by atoms with Crippen LogP contribution in [0.25, 0.3) is 11.3 Å². The number of nitrogens with zero attached hydrogens (tertiary/aromatic N) is 2. The average molecular weight is 347 g/mol. The maximum Gasteiger partial charge on any atom is 0.230 e. The van der Waals surface area contributed by atoms with Gasteiger partial charge in [-0.25, -0.2) is 0 Å². The van der Waals surface area contributed by atoms with Crippen molar-refractivity contribution in [3.05, 3.63) is 30.3 Å². The van der Waals surface area contributed by atoms with Crippen molar-refractivity contribution >= 4 is 17.7 Å². The Bertz CT molecular complexity index is 677. The molecule has 1 amide bonds. The molecular weight excluding hydrogens is 326 g/mol. The Balaban J connectivity index is 2.08. The molecule has 2 aromatic rings. The Hall–Kier alpha value is -2.28. The molecule has 0 unspecified atom stereocenters. The van der Waals surface area contributed by atoms with Gasteiger partial charge < -0.3 is 14.8 Å².